The van der Waals surface area contributed by atoms with Gasteiger partial charge >= 0.3 is 6.18 Å². The number of hydrogen-bond donors (Lipinski definition) is 3. The van der Waals surface area contributed by atoms with Gasteiger partial charge in [-0.15, -0.1) is 0 Å². The minimum absolute atomic E-state index is 0.0295. The number of rotatable bonds is 7. The van der Waals surface area contributed by atoms with Gasteiger partial charge in [0, 0.05) is 22.9 Å². The average Bonchev–Trinajstić information content (AvgIpc) is 3.17. The van der Waals surface area contributed by atoms with Gasteiger partial charge in [0.2, 0.25) is 5.91 Å². The van der Waals surface area contributed by atoms with Gasteiger partial charge in [0.05, 0.1) is 16.7 Å². The number of halogens is 4. The number of hydrogen-bond acceptors (Lipinski definition) is 5. The van der Waals surface area contributed by atoms with Crippen LogP contribution in [-0.4, -0.2) is 34.4 Å². The second kappa shape index (κ2) is 10.3. The van der Waals surface area contributed by atoms with Crippen LogP contribution in [0.15, 0.2) is 29.2 Å². The lowest BCUT2D eigenvalue weighted by Crippen LogP contribution is -2.43. The van der Waals surface area contributed by atoms with Crippen LogP contribution in [0.1, 0.15) is 44.7 Å². The van der Waals surface area contributed by atoms with E-state index in [-0.39, 0.29) is 40.5 Å². The van der Waals surface area contributed by atoms with Gasteiger partial charge in [-0.25, -0.2) is 0 Å². The van der Waals surface area contributed by atoms with E-state index in [1.165, 1.54) is 6.20 Å². The van der Waals surface area contributed by atoms with E-state index in [1.54, 1.807) is 0 Å². The van der Waals surface area contributed by atoms with Crippen molar-refractivity contribution in [1.82, 2.24) is 15.2 Å². The van der Waals surface area contributed by atoms with Crippen molar-refractivity contribution in [3.05, 3.63) is 45.3 Å². The molecular formula is C23H26ClF3N4O3. The van der Waals surface area contributed by atoms with Crippen molar-refractivity contribution in [2.45, 2.75) is 57.6 Å². The summed E-state index contributed by atoms with van der Waals surface area (Å²) in [5, 5.41) is 24.9. The van der Waals surface area contributed by atoms with Crippen molar-refractivity contribution < 1.29 is 23.1 Å². The Morgan fingerprint density at radius 2 is 2.09 bits per heavy atom. The van der Waals surface area contributed by atoms with E-state index in [0.717, 1.165) is 22.8 Å². The van der Waals surface area contributed by atoms with E-state index in [4.69, 9.17) is 11.6 Å². The molecule has 1 aliphatic heterocycles. The van der Waals surface area contributed by atoms with Gasteiger partial charge in [0.1, 0.15) is 18.3 Å². The number of amides is 1. The van der Waals surface area contributed by atoms with E-state index in [2.05, 4.69) is 10.6 Å². The van der Waals surface area contributed by atoms with E-state index in [0.29, 0.717) is 13.0 Å². The monoisotopic (exact) mass is 498 g/mol. The van der Waals surface area contributed by atoms with E-state index in [1.807, 2.05) is 19.9 Å². The third kappa shape index (κ3) is 5.71. The fourth-order valence-corrected chi connectivity index (χ4v) is 4.49. The molecule has 2 heterocycles. The van der Waals surface area contributed by atoms with Crippen LogP contribution in [-0.2, 0) is 11.0 Å². The molecule has 1 amide bonds. The Kier molecular flexibility index (Phi) is 7.91. The minimum Gasteiger partial charge on any atom is -0.378 e. The predicted octanol–water partition coefficient (Wildman–Crippen LogP) is 3.59. The Labute approximate surface area is 199 Å². The zero-order valence-corrected chi connectivity index (χ0v) is 19.5. The number of nitriles is 1. The number of carbonyl (C=O) groups is 1. The molecule has 3 N–H and O–H groups in total. The van der Waals surface area contributed by atoms with Crippen LogP contribution in [0.3, 0.4) is 0 Å². The molecule has 2 aromatic rings. The molecule has 1 fully saturated rings. The lowest BCUT2D eigenvalue weighted by Gasteiger charge is -2.25. The van der Waals surface area contributed by atoms with Crippen LogP contribution < -0.4 is 16.2 Å². The number of benzene rings is 1. The first-order chi connectivity index (χ1) is 15.9. The van der Waals surface area contributed by atoms with E-state index in [9.17, 15) is 33.1 Å². The number of nitrogens with one attached hydrogen (secondary N) is 2. The summed E-state index contributed by atoms with van der Waals surface area (Å²) in [5.74, 6) is -0.891. The maximum Gasteiger partial charge on any atom is 0.416 e. The first kappa shape index (κ1) is 26.0. The van der Waals surface area contributed by atoms with Crippen LogP contribution in [0, 0.1) is 23.2 Å². The van der Waals surface area contributed by atoms with Crippen LogP contribution >= 0.6 is 11.6 Å². The Balaban J connectivity index is 1.98. The molecule has 0 bridgehead atoms. The molecule has 7 nitrogen and oxygen atoms in total. The fraction of sp³-hybridized carbons (Fsp3) is 0.522. The number of aromatic nitrogens is 1. The summed E-state index contributed by atoms with van der Waals surface area (Å²) in [6, 6.07) is 2.72. The third-order valence-electron chi connectivity index (χ3n) is 5.98. The van der Waals surface area contributed by atoms with Gasteiger partial charge in [-0.05, 0) is 43.9 Å². The summed E-state index contributed by atoms with van der Waals surface area (Å²) < 4.78 is 40.7. The molecule has 0 radical (unpaired) electrons. The lowest BCUT2D eigenvalue weighted by molar-refractivity contribution is -0.137. The van der Waals surface area contributed by atoms with Crippen LogP contribution in [0.5, 0.6) is 0 Å². The summed E-state index contributed by atoms with van der Waals surface area (Å²) in [6.45, 7) is 4.26. The highest BCUT2D eigenvalue weighted by atomic mass is 35.5. The first-order valence-corrected chi connectivity index (χ1v) is 11.3. The largest absolute Gasteiger partial charge is 0.416 e. The summed E-state index contributed by atoms with van der Waals surface area (Å²) >= 11 is 6.29. The normalized spacial score (nSPS) is 20.3. The molecule has 184 valence electrons. The van der Waals surface area contributed by atoms with Crippen LogP contribution in [0.25, 0.3) is 10.8 Å². The molecule has 1 saturated heterocycles. The Morgan fingerprint density at radius 3 is 2.65 bits per heavy atom. The average molecular weight is 499 g/mol. The molecule has 1 aliphatic rings. The molecule has 34 heavy (non-hydrogen) atoms. The molecule has 0 unspecified atom stereocenters. The van der Waals surface area contributed by atoms with Gasteiger partial charge in [-0.3, -0.25) is 14.9 Å². The first-order valence-electron chi connectivity index (χ1n) is 11.0. The molecule has 0 saturated carbocycles. The SMILES string of the molecule is CC(C)C[C@@H](C(=O)N[C@H](C#N)C[C@@H]1CCN[C@H]1O)n1cc(Cl)c2ccc(C(F)(F)F)cc2c1=O. The highest BCUT2D eigenvalue weighted by molar-refractivity contribution is 6.35. The summed E-state index contributed by atoms with van der Waals surface area (Å²) in [4.78, 5) is 26.4. The van der Waals surface area contributed by atoms with Crippen molar-refractivity contribution in [3.63, 3.8) is 0 Å². The number of pyridine rings is 1. The number of carbonyl (C=O) groups excluding carboxylic acids is 1. The van der Waals surface area contributed by atoms with Crippen molar-refractivity contribution in [2.24, 2.45) is 11.8 Å². The van der Waals surface area contributed by atoms with Crippen molar-refractivity contribution >= 4 is 28.3 Å². The van der Waals surface area contributed by atoms with Crippen molar-refractivity contribution in [2.75, 3.05) is 6.54 Å². The Bertz CT molecular complexity index is 1160. The maximum atomic E-state index is 13.2. The third-order valence-corrected chi connectivity index (χ3v) is 6.28. The van der Waals surface area contributed by atoms with Crippen molar-refractivity contribution in [1.29, 1.82) is 5.26 Å². The second-order valence-electron chi connectivity index (χ2n) is 8.97. The van der Waals surface area contributed by atoms with Gasteiger partial charge < -0.3 is 15.0 Å². The molecule has 1 aromatic carbocycles. The molecule has 11 heteroatoms. The summed E-state index contributed by atoms with van der Waals surface area (Å²) in [6.07, 6.45) is -3.12. The minimum atomic E-state index is -4.65. The highest BCUT2D eigenvalue weighted by Crippen LogP contribution is 2.33. The lowest BCUT2D eigenvalue weighted by atomic mass is 9.97. The number of aliphatic hydroxyl groups excluding tert-OH is 1. The molecule has 3 rings (SSSR count). The Hall–Kier alpha value is -2.61. The number of nitrogens with zero attached hydrogens (tertiary/aromatic N) is 2. The molecule has 1 aromatic heterocycles. The fourth-order valence-electron chi connectivity index (χ4n) is 4.22. The van der Waals surface area contributed by atoms with Crippen LogP contribution in [0.2, 0.25) is 5.02 Å². The summed E-state index contributed by atoms with van der Waals surface area (Å²) in [5.41, 5.74) is -1.78. The maximum absolute atomic E-state index is 13.2. The topological polar surface area (TPSA) is 107 Å². The highest BCUT2D eigenvalue weighted by Gasteiger charge is 2.33. The number of aliphatic hydroxyl groups is 1. The standard InChI is InChI=1S/C23H26ClF3N4O3/c1-12(2)7-19(21(33)30-15(10-28)8-13-5-6-29-20(13)32)31-11-18(24)16-4-3-14(23(25,26)27)9-17(16)22(31)34/h3-4,9,11-13,15,19-20,29,32H,5-8H2,1-2H3,(H,30,33)/t13-,15-,19-,20-/m0/s1. The van der Waals surface area contributed by atoms with Crippen LogP contribution in [0.4, 0.5) is 13.2 Å². The number of alkyl halides is 3. The second-order valence-corrected chi connectivity index (χ2v) is 9.37. The van der Waals surface area contributed by atoms with E-state index >= 15 is 0 Å². The number of fused-ring (bicyclic) bond motifs is 1. The molecule has 0 spiro atoms. The van der Waals surface area contributed by atoms with Gasteiger partial charge in [0.25, 0.3) is 5.56 Å². The zero-order chi connectivity index (χ0) is 25.2. The Morgan fingerprint density at radius 1 is 1.38 bits per heavy atom. The zero-order valence-electron chi connectivity index (χ0n) is 18.7. The molecule has 0 aliphatic carbocycles. The van der Waals surface area contributed by atoms with Gasteiger partial charge in [0.15, 0.2) is 0 Å². The molecular weight excluding hydrogens is 473 g/mol. The van der Waals surface area contributed by atoms with Crippen molar-refractivity contribution in [3.8, 4) is 6.07 Å². The van der Waals surface area contributed by atoms with Gasteiger partial charge in [-0.2, -0.15) is 18.4 Å². The quantitative estimate of drug-likeness (QED) is 0.541. The van der Waals surface area contributed by atoms with E-state index < -0.39 is 41.5 Å². The smallest absolute Gasteiger partial charge is 0.378 e. The summed E-state index contributed by atoms with van der Waals surface area (Å²) in [7, 11) is 0. The van der Waals surface area contributed by atoms with Gasteiger partial charge in [-0.1, -0.05) is 31.5 Å². The predicted molar refractivity (Wildman–Crippen MR) is 121 cm³/mol. The molecule has 4 atom stereocenters.